The number of para-hydroxylation sites is 2. The summed E-state index contributed by atoms with van der Waals surface area (Å²) < 4.78 is 10.7. The Morgan fingerprint density at radius 1 is 1.17 bits per heavy atom. The number of aliphatic carboxylic acids is 1. The van der Waals surface area contributed by atoms with Gasteiger partial charge in [-0.3, -0.25) is 9.59 Å². The molecular weight excluding hydrogens is 376 g/mol. The fraction of sp³-hybridized carbons (Fsp3) is 0.286. The Hall–Kier alpha value is -3.55. The van der Waals surface area contributed by atoms with Crippen LogP contribution in [-0.2, 0) is 14.4 Å². The van der Waals surface area contributed by atoms with Gasteiger partial charge in [0.05, 0.1) is 5.69 Å². The van der Waals surface area contributed by atoms with E-state index in [-0.39, 0.29) is 24.8 Å². The summed E-state index contributed by atoms with van der Waals surface area (Å²) in [5.41, 5.74) is 1.30. The predicted octanol–water partition coefficient (Wildman–Crippen LogP) is 2.32. The molecule has 3 rings (SSSR count). The highest BCUT2D eigenvalue weighted by Gasteiger charge is 2.31. The van der Waals surface area contributed by atoms with Crippen LogP contribution in [0.3, 0.4) is 0 Å². The molecule has 0 bridgehead atoms. The topological polar surface area (TPSA) is 96.4 Å². The molecule has 29 heavy (non-hydrogen) atoms. The molecule has 0 saturated carbocycles. The van der Waals surface area contributed by atoms with Gasteiger partial charge in [0.15, 0.2) is 12.7 Å². The summed E-state index contributed by atoms with van der Waals surface area (Å²) in [5.74, 6) is -0.374. The summed E-state index contributed by atoms with van der Waals surface area (Å²) >= 11 is 0. The summed E-state index contributed by atoms with van der Waals surface area (Å²) in [5, 5.41) is 8.64. The van der Waals surface area contributed by atoms with Gasteiger partial charge in [0, 0.05) is 25.7 Å². The third-order valence-electron chi connectivity index (χ3n) is 4.58. The van der Waals surface area contributed by atoms with Gasteiger partial charge < -0.3 is 24.4 Å². The first-order valence-corrected chi connectivity index (χ1v) is 9.15. The van der Waals surface area contributed by atoms with E-state index in [9.17, 15) is 14.4 Å². The number of amides is 2. The number of nitrogens with zero attached hydrogens (tertiary/aromatic N) is 2. The summed E-state index contributed by atoms with van der Waals surface area (Å²) in [6, 6.07) is 13.8. The van der Waals surface area contributed by atoms with Crippen LogP contribution in [0.4, 0.5) is 11.4 Å². The maximum Gasteiger partial charge on any atom is 0.341 e. The smallest absolute Gasteiger partial charge is 0.341 e. The average molecular weight is 398 g/mol. The number of ether oxygens (including phenoxy) is 2. The van der Waals surface area contributed by atoms with E-state index >= 15 is 0 Å². The SMILES string of the molecule is CC1Oc2ccccc2N(CCC(=O)N(C)c2ccc(OCC(=O)O)cc2)C1=O. The van der Waals surface area contributed by atoms with Crippen molar-refractivity contribution >= 4 is 29.2 Å². The van der Waals surface area contributed by atoms with Crippen molar-refractivity contribution in [1.29, 1.82) is 0 Å². The zero-order chi connectivity index (χ0) is 21.0. The molecule has 0 saturated heterocycles. The van der Waals surface area contributed by atoms with Crippen molar-refractivity contribution in [2.24, 2.45) is 0 Å². The first kappa shape index (κ1) is 20.2. The molecule has 2 aromatic rings. The van der Waals surface area contributed by atoms with Crippen molar-refractivity contribution in [2.45, 2.75) is 19.4 Å². The zero-order valence-corrected chi connectivity index (χ0v) is 16.2. The van der Waals surface area contributed by atoms with E-state index < -0.39 is 18.7 Å². The Balaban J connectivity index is 1.63. The van der Waals surface area contributed by atoms with Gasteiger partial charge in [-0.1, -0.05) is 12.1 Å². The number of carboxylic acid groups (broad SMARTS) is 1. The average Bonchev–Trinajstić information content (AvgIpc) is 2.72. The van der Waals surface area contributed by atoms with Crippen molar-refractivity contribution in [1.82, 2.24) is 0 Å². The number of fused-ring (bicyclic) bond motifs is 1. The van der Waals surface area contributed by atoms with Gasteiger partial charge in [0.1, 0.15) is 11.5 Å². The number of carbonyl (C=O) groups is 3. The van der Waals surface area contributed by atoms with Gasteiger partial charge in [-0.25, -0.2) is 4.79 Å². The van der Waals surface area contributed by atoms with Crippen LogP contribution >= 0.6 is 0 Å². The molecule has 0 aromatic heterocycles. The van der Waals surface area contributed by atoms with Gasteiger partial charge in [0.25, 0.3) is 5.91 Å². The van der Waals surface area contributed by atoms with Gasteiger partial charge in [-0.05, 0) is 43.3 Å². The molecule has 1 aliphatic heterocycles. The molecule has 2 aromatic carbocycles. The van der Waals surface area contributed by atoms with Crippen molar-refractivity contribution in [3.05, 3.63) is 48.5 Å². The zero-order valence-electron chi connectivity index (χ0n) is 16.2. The van der Waals surface area contributed by atoms with Crippen molar-refractivity contribution in [3.8, 4) is 11.5 Å². The Kier molecular flexibility index (Phi) is 6.01. The normalized spacial score (nSPS) is 15.3. The number of rotatable bonds is 7. The molecule has 1 aliphatic rings. The second-order valence-electron chi connectivity index (χ2n) is 6.60. The minimum atomic E-state index is -1.06. The van der Waals surface area contributed by atoms with E-state index in [2.05, 4.69) is 0 Å². The quantitative estimate of drug-likeness (QED) is 0.769. The van der Waals surface area contributed by atoms with E-state index in [1.54, 1.807) is 55.3 Å². The fourth-order valence-corrected chi connectivity index (χ4v) is 3.02. The maximum atomic E-state index is 12.6. The third-order valence-corrected chi connectivity index (χ3v) is 4.58. The lowest BCUT2D eigenvalue weighted by molar-refractivity contribution is -0.139. The number of carbonyl (C=O) groups excluding carboxylic acids is 2. The van der Waals surface area contributed by atoms with Crippen LogP contribution in [0.1, 0.15) is 13.3 Å². The summed E-state index contributed by atoms with van der Waals surface area (Å²) in [6.07, 6.45) is -0.461. The highest BCUT2D eigenvalue weighted by Crippen LogP contribution is 2.33. The van der Waals surface area contributed by atoms with Crippen molar-refractivity contribution < 1.29 is 29.0 Å². The summed E-state index contributed by atoms with van der Waals surface area (Å²) in [6.45, 7) is 1.50. The molecule has 1 atom stereocenters. The van der Waals surface area contributed by atoms with Gasteiger partial charge in [0.2, 0.25) is 5.91 Å². The predicted molar refractivity (Wildman–Crippen MR) is 106 cm³/mol. The molecule has 152 valence electrons. The fourth-order valence-electron chi connectivity index (χ4n) is 3.02. The van der Waals surface area contributed by atoms with E-state index in [4.69, 9.17) is 14.6 Å². The molecule has 2 amide bonds. The number of benzene rings is 2. The summed E-state index contributed by atoms with van der Waals surface area (Å²) in [4.78, 5) is 38.8. The molecule has 0 spiro atoms. The monoisotopic (exact) mass is 398 g/mol. The van der Waals surface area contributed by atoms with Crippen LogP contribution < -0.4 is 19.3 Å². The lowest BCUT2D eigenvalue weighted by Crippen LogP contribution is -2.45. The minimum absolute atomic E-state index is 0.139. The standard InChI is InChI=1S/C21H22N2O6/c1-14-21(27)23(17-5-3-4-6-18(17)29-14)12-11-19(24)22(2)15-7-9-16(10-8-15)28-13-20(25)26/h3-10,14H,11-13H2,1-2H3,(H,25,26). The van der Waals surface area contributed by atoms with Crippen LogP contribution in [0.2, 0.25) is 0 Å². The number of carboxylic acids is 1. The molecule has 8 nitrogen and oxygen atoms in total. The molecule has 0 aliphatic carbocycles. The summed E-state index contributed by atoms with van der Waals surface area (Å²) in [7, 11) is 1.65. The second-order valence-corrected chi connectivity index (χ2v) is 6.60. The molecule has 1 heterocycles. The highest BCUT2D eigenvalue weighted by atomic mass is 16.5. The third kappa shape index (κ3) is 4.66. The van der Waals surface area contributed by atoms with Gasteiger partial charge >= 0.3 is 5.97 Å². The largest absolute Gasteiger partial charge is 0.482 e. The van der Waals surface area contributed by atoms with E-state index in [0.29, 0.717) is 22.9 Å². The van der Waals surface area contributed by atoms with Crippen LogP contribution in [0.15, 0.2) is 48.5 Å². The van der Waals surface area contributed by atoms with Crippen LogP contribution in [0.25, 0.3) is 0 Å². The molecule has 1 N–H and O–H groups in total. The molecule has 8 heteroatoms. The second kappa shape index (κ2) is 8.64. The molecule has 0 radical (unpaired) electrons. The Bertz CT molecular complexity index is 912. The van der Waals surface area contributed by atoms with Crippen LogP contribution in [-0.4, -0.2) is 49.2 Å². The molecule has 1 unspecified atom stereocenters. The minimum Gasteiger partial charge on any atom is -0.482 e. The van der Waals surface area contributed by atoms with E-state index in [0.717, 1.165) is 0 Å². The maximum absolute atomic E-state index is 12.6. The lowest BCUT2D eigenvalue weighted by Gasteiger charge is -2.33. The van der Waals surface area contributed by atoms with Crippen LogP contribution in [0.5, 0.6) is 11.5 Å². The highest BCUT2D eigenvalue weighted by molar-refractivity contribution is 6.01. The Morgan fingerprint density at radius 2 is 1.86 bits per heavy atom. The number of hydrogen-bond donors (Lipinski definition) is 1. The molecular formula is C21H22N2O6. The van der Waals surface area contributed by atoms with Crippen molar-refractivity contribution in [3.63, 3.8) is 0 Å². The first-order chi connectivity index (χ1) is 13.9. The van der Waals surface area contributed by atoms with E-state index in [1.807, 2.05) is 12.1 Å². The lowest BCUT2D eigenvalue weighted by atomic mass is 10.1. The first-order valence-electron chi connectivity index (χ1n) is 9.15. The number of hydrogen-bond acceptors (Lipinski definition) is 5. The van der Waals surface area contributed by atoms with Crippen LogP contribution in [0, 0.1) is 0 Å². The number of anilines is 2. The van der Waals surface area contributed by atoms with Gasteiger partial charge in [-0.15, -0.1) is 0 Å². The Labute approximate surface area is 168 Å². The Morgan fingerprint density at radius 3 is 2.55 bits per heavy atom. The molecule has 0 fully saturated rings. The van der Waals surface area contributed by atoms with Crippen molar-refractivity contribution in [2.75, 3.05) is 30.0 Å². The van der Waals surface area contributed by atoms with E-state index in [1.165, 1.54) is 4.90 Å². The van der Waals surface area contributed by atoms with Gasteiger partial charge in [-0.2, -0.15) is 0 Å².